The number of benzene rings is 7. The summed E-state index contributed by atoms with van der Waals surface area (Å²) >= 11 is 0. The van der Waals surface area contributed by atoms with Crippen LogP contribution >= 0.6 is 0 Å². The summed E-state index contributed by atoms with van der Waals surface area (Å²) < 4.78 is 9.40. The lowest BCUT2D eigenvalue weighted by molar-refractivity contribution is 0.673. The van der Waals surface area contributed by atoms with Crippen LogP contribution in [0, 0.1) is 0 Å². The molecular formula is C45H28N4O. The van der Waals surface area contributed by atoms with Gasteiger partial charge in [0.1, 0.15) is 11.2 Å². The molecule has 5 heteroatoms. The Balaban J connectivity index is 1.28. The van der Waals surface area contributed by atoms with Gasteiger partial charge in [0, 0.05) is 38.5 Å². The molecule has 0 spiro atoms. The summed E-state index contributed by atoms with van der Waals surface area (Å²) in [6, 6.07) is 58.5. The first-order valence-corrected chi connectivity index (χ1v) is 16.7. The number of hydrogen-bond acceptors (Lipinski definition) is 4. The van der Waals surface area contributed by atoms with Crippen LogP contribution in [0.1, 0.15) is 0 Å². The standard InChI is InChI=1S/C45H28N4O/c1-5-15-29(16-6-1)33-23-13-25-36-39-38(49(40(33)36)32-21-11-4-12-22-32)28-27-35-34-24-14-26-37(41(34)50-42(35)39)45-47-43(30-17-7-2-8-18-30)46-44(48-45)31-19-9-3-10-20-31/h1-28H. The molecule has 0 saturated carbocycles. The Labute approximate surface area is 287 Å². The second-order valence-electron chi connectivity index (χ2n) is 12.4. The highest BCUT2D eigenvalue weighted by Gasteiger charge is 2.23. The SMILES string of the molecule is c1ccc(-c2nc(-c3ccccc3)nc(-c3cccc4c3oc3c4ccc4c3c3cccc(-c5ccccc5)c3n4-c3ccccc3)n2)cc1. The fourth-order valence-corrected chi connectivity index (χ4v) is 7.21. The van der Waals surface area contributed by atoms with E-state index in [4.69, 9.17) is 19.4 Å². The molecule has 0 saturated heterocycles. The average Bonchev–Trinajstić information content (AvgIpc) is 3.75. The van der Waals surface area contributed by atoms with E-state index in [2.05, 4.69) is 108 Å². The first-order chi connectivity index (χ1) is 24.8. The molecule has 0 aliphatic heterocycles. The number of hydrogen-bond donors (Lipinski definition) is 0. The van der Waals surface area contributed by atoms with Crippen LogP contribution in [0.2, 0.25) is 0 Å². The lowest BCUT2D eigenvalue weighted by atomic mass is 10.0. The van der Waals surface area contributed by atoms with Gasteiger partial charge in [-0.2, -0.15) is 0 Å². The molecule has 3 heterocycles. The highest BCUT2D eigenvalue weighted by atomic mass is 16.3. The second kappa shape index (κ2) is 11.4. The Hall–Kier alpha value is -6.85. The molecule has 3 aromatic heterocycles. The zero-order valence-electron chi connectivity index (χ0n) is 26.9. The Morgan fingerprint density at radius 3 is 1.54 bits per heavy atom. The molecule has 0 aliphatic rings. The molecular weight excluding hydrogens is 613 g/mol. The van der Waals surface area contributed by atoms with E-state index >= 15 is 0 Å². The second-order valence-corrected chi connectivity index (χ2v) is 12.4. The molecule has 0 unspecified atom stereocenters. The quantitative estimate of drug-likeness (QED) is 0.188. The monoisotopic (exact) mass is 640 g/mol. The van der Waals surface area contributed by atoms with Crippen molar-refractivity contribution < 1.29 is 4.42 Å². The van der Waals surface area contributed by atoms with Crippen molar-refractivity contribution in [1.82, 2.24) is 19.5 Å². The van der Waals surface area contributed by atoms with Crippen LogP contribution in [-0.2, 0) is 0 Å². The van der Waals surface area contributed by atoms with Crippen molar-refractivity contribution in [2.24, 2.45) is 0 Å². The topological polar surface area (TPSA) is 56.7 Å². The maximum Gasteiger partial charge on any atom is 0.167 e. The lowest BCUT2D eigenvalue weighted by Crippen LogP contribution is -2.00. The number of nitrogens with zero attached hydrogens (tertiary/aromatic N) is 4. The Kier molecular flexibility index (Phi) is 6.42. The smallest absolute Gasteiger partial charge is 0.167 e. The molecule has 0 aliphatic carbocycles. The lowest BCUT2D eigenvalue weighted by Gasteiger charge is -2.11. The molecule has 0 N–H and O–H groups in total. The van der Waals surface area contributed by atoms with Crippen LogP contribution in [-0.4, -0.2) is 19.5 Å². The van der Waals surface area contributed by atoms with E-state index in [1.54, 1.807) is 0 Å². The Bertz CT molecular complexity index is 2780. The molecule has 10 aromatic rings. The van der Waals surface area contributed by atoms with Crippen molar-refractivity contribution >= 4 is 43.7 Å². The minimum Gasteiger partial charge on any atom is -0.455 e. The average molecular weight is 641 g/mol. The van der Waals surface area contributed by atoms with E-state index in [9.17, 15) is 0 Å². The minimum atomic E-state index is 0.566. The first kappa shape index (κ1) is 28.2. The third kappa shape index (κ3) is 4.45. The summed E-state index contributed by atoms with van der Waals surface area (Å²) in [4.78, 5) is 15.0. The van der Waals surface area contributed by atoms with Gasteiger partial charge in [-0.05, 0) is 35.9 Å². The van der Waals surface area contributed by atoms with Crippen molar-refractivity contribution in [2.45, 2.75) is 0 Å². The highest BCUT2D eigenvalue weighted by Crippen LogP contribution is 2.44. The van der Waals surface area contributed by atoms with Crippen LogP contribution in [0.25, 0.3) is 94.7 Å². The van der Waals surface area contributed by atoms with Gasteiger partial charge in [-0.15, -0.1) is 0 Å². The van der Waals surface area contributed by atoms with Crippen LogP contribution in [0.4, 0.5) is 0 Å². The molecule has 0 atom stereocenters. The van der Waals surface area contributed by atoms with E-state index in [0.717, 1.165) is 66.1 Å². The number of furan rings is 1. The van der Waals surface area contributed by atoms with E-state index in [1.165, 1.54) is 11.1 Å². The molecule has 0 bridgehead atoms. The Morgan fingerprint density at radius 2 is 0.900 bits per heavy atom. The maximum absolute atomic E-state index is 7.03. The third-order valence-corrected chi connectivity index (χ3v) is 9.45. The number of aromatic nitrogens is 4. The van der Waals surface area contributed by atoms with E-state index in [0.29, 0.717) is 17.5 Å². The van der Waals surface area contributed by atoms with E-state index in [1.807, 2.05) is 66.7 Å². The van der Waals surface area contributed by atoms with Crippen LogP contribution in [0.3, 0.4) is 0 Å². The normalized spacial score (nSPS) is 11.6. The van der Waals surface area contributed by atoms with E-state index in [-0.39, 0.29) is 0 Å². The fraction of sp³-hybridized carbons (Fsp3) is 0. The molecule has 5 nitrogen and oxygen atoms in total. The third-order valence-electron chi connectivity index (χ3n) is 9.45. The molecule has 50 heavy (non-hydrogen) atoms. The Morgan fingerprint density at radius 1 is 0.380 bits per heavy atom. The molecule has 234 valence electrons. The zero-order chi connectivity index (χ0) is 33.0. The van der Waals surface area contributed by atoms with Gasteiger partial charge < -0.3 is 8.98 Å². The summed E-state index contributed by atoms with van der Waals surface area (Å²) in [5, 5.41) is 4.27. The number of rotatable bonds is 5. The number of fused-ring (bicyclic) bond motifs is 7. The van der Waals surface area contributed by atoms with Gasteiger partial charge in [0.05, 0.1) is 22.0 Å². The van der Waals surface area contributed by atoms with Gasteiger partial charge in [0.15, 0.2) is 17.5 Å². The van der Waals surface area contributed by atoms with Gasteiger partial charge in [0.2, 0.25) is 0 Å². The first-order valence-electron chi connectivity index (χ1n) is 16.7. The molecule has 0 radical (unpaired) electrons. The van der Waals surface area contributed by atoms with Crippen molar-refractivity contribution in [3.05, 3.63) is 170 Å². The van der Waals surface area contributed by atoms with Crippen molar-refractivity contribution in [2.75, 3.05) is 0 Å². The van der Waals surface area contributed by atoms with Crippen LogP contribution < -0.4 is 0 Å². The minimum absolute atomic E-state index is 0.566. The van der Waals surface area contributed by atoms with Gasteiger partial charge in [-0.1, -0.05) is 140 Å². The maximum atomic E-state index is 7.03. The summed E-state index contributed by atoms with van der Waals surface area (Å²) in [7, 11) is 0. The van der Waals surface area contributed by atoms with E-state index < -0.39 is 0 Å². The summed E-state index contributed by atoms with van der Waals surface area (Å²) in [6.07, 6.45) is 0. The summed E-state index contributed by atoms with van der Waals surface area (Å²) in [5.74, 6) is 1.80. The van der Waals surface area contributed by atoms with Crippen LogP contribution in [0.15, 0.2) is 174 Å². The zero-order valence-corrected chi connectivity index (χ0v) is 26.9. The van der Waals surface area contributed by atoms with Gasteiger partial charge in [-0.25, -0.2) is 15.0 Å². The summed E-state index contributed by atoms with van der Waals surface area (Å²) in [6.45, 7) is 0. The van der Waals surface area contributed by atoms with Crippen molar-refractivity contribution in [3.8, 4) is 51.0 Å². The largest absolute Gasteiger partial charge is 0.455 e. The molecule has 0 amide bonds. The van der Waals surface area contributed by atoms with Crippen LogP contribution in [0.5, 0.6) is 0 Å². The van der Waals surface area contributed by atoms with Crippen molar-refractivity contribution in [1.29, 1.82) is 0 Å². The predicted octanol–water partition coefficient (Wildman–Crippen LogP) is 11.5. The number of para-hydroxylation sites is 3. The van der Waals surface area contributed by atoms with Crippen molar-refractivity contribution in [3.63, 3.8) is 0 Å². The molecule has 0 fully saturated rings. The fourth-order valence-electron chi connectivity index (χ4n) is 7.21. The molecule has 7 aromatic carbocycles. The van der Waals surface area contributed by atoms with Gasteiger partial charge in [0.25, 0.3) is 0 Å². The predicted molar refractivity (Wildman–Crippen MR) is 203 cm³/mol. The molecule has 10 rings (SSSR count). The van der Waals surface area contributed by atoms with Gasteiger partial charge in [-0.3, -0.25) is 0 Å². The van der Waals surface area contributed by atoms with Gasteiger partial charge >= 0.3 is 0 Å². The highest BCUT2D eigenvalue weighted by molar-refractivity contribution is 6.26. The summed E-state index contributed by atoms with van der Waals surface area (Å²) in [5.41, 5.74) is 9.92.